The molecule has 0 aromatic heterocycles. The van der Waals surface area contributed by atoms with Gasteiger partial charge in [0.1, 0.15) is 0 Å². The summed E-state index contributed by atoms with van der Waals surface area (Å²) >= 11 is 0. The summed E-state index contributed by atoms with van der Waals surface area (Å²) in [7, 11) is -3.02. The smallest absolute Gasteiger partial charge is 0.154 e. The lowest BCUT2D eigenvalue weighted by atomic mass is 9.96. The number of sulfone groups is 1. The molecule has 2 fully saturated rings. The molecule has 2 aliphatic rings. The third-order valence-corrected chi connectivity index (χ3v) is 5.59. The van der Waals surface area contributed by atoms with Crippen molar-refractivity contribution in [1.82, 2.24) is 5.32 Å². The first-order valence-electron chi connectivity index (χ1n) is 6.71. The first-order valence-corrected chi connectivity index (χ1v) is 8.53. The van der Waals surface area contributed by atoms with Gasteiger partial charge in [0.05, 0.1) is 17.6 Å². The fourth-order valence-electron chi connectivity index (χ4n) is 2.91. The van der Waals surface area contributed by atoms with Gasteiger partial charge in [-0.2, -0.15) is 0 Å². The van der Waals surface area contributed by atoms with Gasteiger partial charge in [-0.05, 0) is 12.8 Å². The highest BCUT2D eigenvalue weighted by Crippen LogP contribution is 2.20. The van der Waals surface area contributed by atoms with Crippen LogP contribution in [0.2, 0.25) is 0 Å². The molecule has 5 heteroatoms. The van der Waals surface area contributed by atoms with Crippen LogP contribution in [0.25, 0.3) is 0 Å². The zero-order chi connectivity index (χ0) is 12.3. The molecule has 1 saturated carbocycles. The number of hydrogen-bond acceptors (Lipinski definition) is 4. The maximum absolute atomic E-state index is 11.4. The average molecular weight is 261 g/mol. The maximum atomic E-state index is 11.4. The van der Waals surface area contributed by atoms with E-state index in [1.54, 1.807) is 0 Å². The summed E-state index contributed by atoms with van der Waals surface area (Å²) in [5.41, 5.74) is 0. The molecule has 0 bridgehead atoms. The summed E-state index contributed by atoms with van der Waals surface area (Å²) in [6.07, 6.45) is 7.83. The predicted octanol–water partition coefficient (Wildman–Crippen LogP) is 0.847. The van der Waals surface area contributed by atoms with Crippen molar-refractivity contribution < 1.29 is 13.5 Å². The van der Waals surface area contributed by atoms with Gasteiger partial charge < -0.3 is 10.4 Å². The van der Waals surface area contributed by atoms with Crippen molar-refractivity contribution in [2.45, 2.75) is 63.1 Å². The summed E-state index contributed by atoms with van der Waals surface area (Å²) in [6, 6.07) is 0.146. The zero-order valence-electron chi connectivity index (χ0n) is 10.3. The van der Waals surface area contributed by atoms with E-state index in [9.17, 15) is 13.5 Å². The van der Waals surface area contributed by atoms with Gasteiger partial charge in [-0.3, -0.25) is 0 Å². The molecule has 100 valence electrons. The van der Waals surface area contributed by atoms with Gasteiger partial charge in [-0.1, -0.05) is 32.1 Å². The minimum Gasteiger partial charge on any atom is -0.390 e. The summed E-state index contributed by atoms with van der Waals surface area (Å²) < 4.78 is 22.8. The van der Waals surface area contributed by atoms with Crippen molar-refractivity contribution in [3.8, 4) is 0 Å². The van der Waals surface area contributed by atoms with Crippen LogP contribution in [0.1, 0.15) is 44.9 Å². The number of nitrogens with one attached hydrogen (secondary N) is 1. The fraction of sp³-hybridized carbons (Fsp3) is 1.00. The van der Waals surface area contributed by atoms with E-state index >= 15 is 0 Å². The lowest BCUT2D eigenvalue weighted by Gasteiger charge is -2.25. The predicted molar refractivity (Wildman–Crippen MR) is 67.7 cm³/mol. The van der Waals surface area contributed by atoms with E-state index in [1.807, 2.05) is 0 Å². The summed E-state index contributed by atoms with van der Waals surface area (Å²) in [5, 5.41) is 13.1. The van der Waals surface area contributed by atoms with Crippen LogP contribution in [0.3, 0.4) is 0 Å². The Morgan fingerprint density at radius 1 is 0.941 bits per heavy atom. The molecule has 1 aliphatic carbocycles. The summed E-state index contributed by atoms with van der Waals surface area (Å²) in [5.74, 6) is 0.0298. The third kappa shape index (κ3) is 3.93. The highest BCUT2D eigenvalue weighted by atomic mass is 32.2. The van der Waals surface area contributed by atoms with Crippen LogP contribution in [0.15, 0.2) is 0 Å². The molecular weight excluding hydrogens is 238 g/mol. The Kier molecular flexibility index (Phi) is 4.44. The molecule has 0 unspecified atom stereocenters. The van der Waals surface area contributed by atoms with Crippen LogP contribution in [0, 0.1) is 0 Å². The summed E-state index contributed by atoms with van der Waals surface area (Å²) in [4.78, 5) is 0. The molecule has 1 aliphatic heterocycles. The Morgan fingerprint density at radius 2 is 1.53 bits per heavy atom. The molecule has 1 heterocycles. The Labute approximate surface area is 104 Å². The molecule has 2 atom stereocenters. The monoisotopic (exact) mass is 261 g/mol. The van der Waals surface area contributed by atoms with Crippen molar-refractivity contribution in [3.63, 3.8) is 0 Å². The molecular formula is C12H23NO3S. The minimum atomic E-state index is -3.02. The molecule has 0 aromatic carbocycles. The molecule has 4 nitrogen and oxygen atoms in total. The number of hydrogen-bond donors (Lipinski definition) is 2. The molecule has 2 rings (SSSR count). The lowest BCUT2D eigenvalue weighted by Crippen LogP contribution is -2.45. The molecule has 2 N–H and O–H groups in total. The molecule has 0 spiro atoms. The van der Waals surface area contributed by atoms with Gasteiger partial charge in [0.15, 0.2) is 9.84 Å². The second-order valence-corrected chi connectivity index (χ2v) is 7.61. The van der Waals surface area contributed by atoms with Crippen LogP contribution in [0.5, 0.6) is 0 Å². The van der Waals surface area contributed by atoms with Crippen LogP contribution in [-0.2, 0) is 9.84 Å². The Balaban J connectivity index is 1.87. The first-order chi connectivity index (χ1) is 8.07. The van der Waals surface area contributed by atoms with Crippen LogP contribution in [-0.4, -0.2) is 43.2 Å². The SMILES string of the molecule is O=S1(=O)C[C@@H](O)[C@@H](NC2CCCCCCC2)C1. The topological polar surface area (TPSA) is 66.4 Å². The van der Waals surface area contributed by atoms with Crippen LogP contribution < -0.4 is 5.32 Å². The van der Waals surface area contributed by atoms with Gasteiger partial charge in [0.25, 0.3) is 0 Å². The van der Waals surface area contributed by atoms with E-state index in [0.29, 0.717) is 6.04 Å². The first kappa shape index (κ1) is 13.3. The van der Waals surface area contributed by atoms with E-state index in [0.717, 1.165) is 12.8 Å². The third-order valence-electron chi connectivity index (χ3n) is 3.88. The Bertz CT molecular complexity index is 334. The van der Waals surface area contributed by atoms with Gasteiger partial charge in [0, 0.05) is 12.1 Å². The molecule has 17 heavy (non-hydrogen) atoms. The van der Waals surface area contributed by atoms with Gasteiger partial charge in [0.2, 0.25) is 0 Å². The van der Waals surface area contributed by atoms with Crippen molar-refractivity contribution in [2.24, 2.45) is 0 Å². The van der Waals surface area contributed by atoms with Crippen LogP contribution in [0.4, 0.5) is 0 Å². The molecule has 0 radical (unpaired) electrons. The van der Waals surface area contributed by atoms with Crippen molar-refractivity contribution in [3.05, 3.63) is 0 Å². The largest absolute Gasteiger partial charge is 0.390 e. The number of aliphatic hydroxyl groups is 1. The van der Waals surface area contributed by atoms with Gasteiger partial charge in [-0.15, -0.1) is 0 Å². The van der Waals surface area contributed by atoms with Crippen molar-refractivity contribution in [1.29, 1.82) is 0 Å². The Hall–Kier alpha value is -0.130. The standard InChI is InChI=1S/C12H23NO3S/c14-12-9-17(15,16)8-11(12)13-10-6-4-2-1-3-5-7-10/h10-14H,1-9H2/t11-,12+/m0/s1. The Morgan fingerprint density at radius 3 is 2.06 bits per heavy atom. The van der Waals surface area contributed by atoms with E-state index in [-0.39, 0.29) is 17.5 Å². The second-order valence-electron chi connectivity index (χ2n) is 5.46. The zero-order valence-corrected chi connectivity index (χ0v) is 11.1. The van der Waals surface area contributed by atoms with Crippen LogP contribution >= 0.6 is 0 Å². The van der Waals surface area contributed by atoms with E-state index in [1.165, 1.54) is 32.1 Å². The highest BCUT2D eigenvalue weighted by molar-refractivity contribution is 7.91. The van der Waals surface area contributed by atoms with E-state index in [4.69, 9.17) is 0 Å². The maximum Gasteiger partial charge on any atom is 0.154 e. The minimum absolute atomic E-state index is 0.0720. The molecule has 0 amide bonds. The second kappa shape index (κ2) is 5.67. The van der Waals surface area contributed by atoms with E-state index in [2.05, 4.69) is 5.32 Å². The fourth-order valence-corrected chi connectivity index (χ4v) is 4.67. The molecule has 1 saturated heterocycles. The molecule has 0 aromatic rings. The van der Waals surface area contributed by atoms with Gasteiger partial charge >= 0.3 is 0 Å². The highest BCUT2D eigenvalue weighted by Gasteiger charge is 2.37. The van der Waals surface area contributed by atoms with E-state index < -0.39 is 15.9 Å². The lowest BCUT2D eigenvalue weighted by molar-refractivity contribution is 0.155. The number of rotatable bonds is 2. The average Bonchev–Trinajstić information content (AvgIpc) is 2.44. The van der Waals surface area contributed by atoms with Crippen molar-refractivity contribution >= 4 is 9.84 Å². The normalized spacial score (nSPS) is 35.4. The quantitative estimate of drug-likeness (QED) is 0.773. The van der Waals surface area contributed by atoms with Crippen molar-refractivity contribution in [2.75, 3.05) is 11.5 Å². The van der Waals surface area contributed by atoms with Gasteiger partial charge in [-0.25, -0.2) is 8.42 Å². The number of aliphatic hydroxyl groups excluding tert-OH is 1. The summed E-state index contributed by atoms with van der Waals surface area (Å²) in [6.45, 7) is 0.